The van der Waals surface area contributed by atoms with Crippen LogP contribution in [0.4, 0.5) is 0 Å². The van der Waals surface area contributed by atoms with Crippen molar-refractivity contribution < 1.29 is 29.3 Å². The van der Waals surface area contributed by atoms with Crippen molar-refractivity contribution in [2.24, 2.45) is 45.8 Å². The van der Waals surface area contributed by atoms with E-state index in [1.165, 1.54) is 18.9 Å². The third kappa shape index (κ3) is 3.15. The zero-order valence-corrected chi connectivity index (χ0v) is 22.6. The highest BCUT2D eigenvalue weighted by molar-refractivity contribution is 5.81. The predicted molar refractivity (Wildman–Crippen MR) is 133 cm³/mol. The second kappa shape index (κ2) is 7.81. The van der Waals surface area contributed by atoms with Gasteiger partial charge in [-0.2, -0.15) is 0 Å². The summed E-state index contributed by atoms with van der Waals surface area (Å²) in [5, 5.41) is 21.6. The molecule has 12 unspecified atom stereocenters. The Morgan fingerprint density at radius 1 is 1.06 bits per heavy atom. The first kappa shape index (κ1) is 24.9. The summed E-state index contributed by atoms with van der Waals surface area (Å²) in [6, 6.07) is 0. The quantitative estimate of drug-likeness (QED) is 0.427. The molecule has 5 aliphatic carbocycles. The number of allylic oxidation sites excluding steroid dienone is 1. The molecule has 6 heteroatoms. The smallest absolute Gasteiger partial charge is 0.338 e. The molecule has 1 saturated heterocycles. The summed E-state index contributed by atoms with van der Waals surface area (Å²) in [5.74, 6) is 1.68. The first-order valence-electron chi connectivity index (χ1n) is 14.3. The van der Waals surface area contributed by atoms with Crippen LogP contribution in [-0.4, -0.2) is 46.1 Å². The van der Waals surface area contributed by atoms with Gasteiger partial charge in [-0.3, -0.25) is 4.79 Å². The highest BCUT2D eigenvalue weighted by Crippen LogP contribution is 2.70. The fraction of sp³-hybridized carbons (Fsp3) is 0.867. The highest BCUT2D eigenvalue weighted by Gasteiger charge is 2.67. The normalized spacial score (nSPS) is 55.6. The van der Waals surface area contributed by atoms with Crippen molar-refractivity contribution in [2.75, 3.05) is 0 Å². The highest BCUT2D eigenvalue weighted by atomic mass is 16.6. The molecule has 0 spiro atoms. The molecule has 0 aromatic heterocycles. The molecule has 36 heavy (non-hydrogen) atoms. The largest absolute Gasteiger partial charge is 0.462 e. The van der Waals surface area contributed by atoms with Crippen LogP contribution in [0.25, 0.3) is 0 Å². The average Bonchev–Trinajstić information content (AvgIpc) is 3.29. The number of fused-ring (bicyclic) bond motifs is 7. The third-order valence-corrected chi connectivity index (χ3v) is 12.7. The number of rotatable bonds is 2. The maximum Gasteiger partial charge on any atom is 0.338 e. The lowest BCUT2D eigenvalue weighted by atomic mass is 9.46. The Morgan fingerprint density at radius 3 is 2.44 bits per heavy atom. The molecule has 200 valence electrons. The molecule has 0 radical (unpaired) electrons. The lowest BCUT2D eigenvalue weighted by Gasteiger charge is -2.60. The Morgan fingerprint density at radius 2 is 1.75 bits per heavy atom. The van der Waals surface area contributed by atoms with Crippen molar-refractivity contribution in [3.05, 3.63) is 11.6 Å². The van der Waals surface area contributed by atoms with E-state index in [4.69, 9.17) is 9.47 Å². The topological polar surface area (TPSA) is 93.1 Å². The molecule has 2 bridgehead atoms. The van der Waals surface area contributed by atoms with Gasteiger partial charge in [0.05, 0.1) is 6.10 Å². The van der Waals surface area contributed by atoms with E-state index in [-0.39, 0.29) is 29.0 Å². The van der Waals surface area contributed by atoms with E-state index in [1.807, 2.05) is 0 Å². The lowest BCUT2D eigenvalue weighted by molar-refractivity contribution is -0.194. The molecule has 0 aromatic carbocycles. The van der Waals surface area contributed by atoms with Gasteiger partial charge in [0.25, 0.3) is 0 Å². The maximum atomic E-state index is 12.7. The van der Waals surface area contributed by atoms with Crippen molar-refractivity contribution in [1.82, 2.24) is 0 Å². The van der Waals surface area contributed by atoms with Crippen LogP contribution in [0.15, 0.2) is 11.6 Å². The van der Waals surface area contributed by atoms with Gasteiger partial charge in [-0.25, -0.2) is 4.79 Å². The molecule has 1 heterocycles. The molecule has 5 fully saturated rings. The molecule has 1 aliphatic heterocycles. The minimum absolute atomic E-state index is 0.0791. The van der Waals surface area contributed by atoms with E-state index in [9.17, 15) is 19.8 Å². The van der Waals surface area contributed by atoms with Gasteiger partial charge in [0.1, 0.15) is 12.2 Å². The summed E-state index contributed by atoms with van der Waals surface area (Å²) in [7, 11) is 0. The Labute approximate surface area is 215 Å². The number of aliphatic hydroxyl groups is 2. The van der Waals surface area contributed by atoms with Crippen molar-refractivity contribution in [3.8, 4) is 0 Å². The van der Waals surface area contributed by atoms with Gasteiger partial charge >= 0.3 is 11.9 Å². The molecule has 6 rings (SSSR count). The van der Waals surface area contributed by atoms with E-state index in [2.05, 4.69) is 26.8 Å². The van der Waals surface area contributed by atoms with Crippen molar-refractivity contribution in [3.63, 3.8) is 0 Å². The molecule has 6 nitrogen and oxygen atoms in total. The van der Waals surface area contributed by atoms with Gasteiger partial charge in [-0.1, -0.05) is 32.4 Å². The fourth-order valence-corrected chi connectivity index (χ4v) is 10.5. The van der Waals surface area contributed by atoms with Crippen molar-refractivity contribution in [2.45, 2.75) is 116 Å². The summed E-state index contributed by atoms with van der Waals surface area (Å²) in [5.41, 5.74) is -0.563. The molecule has 4 saturated carbocycles. The number of carbonyl (C=O) groups is 2. The molecular weight excluding hydrogens is 456 g/mol. The molecule has 12 atom stereocenters. The van der Waals surface area contributed by atoms with Crippen LogP contribution in [0.3, 0.4) is 0 Å². The van der Waals surface area contributed by atoms with Gasteiger partial charge in [0.2, 0.25) is 0 Å². The number of aliphatic hydroxyl groups excluding tert-OH is 1. The summed E-state index contributed by atoms with van der Waals surface area (Å²) in [6.45, 7) is 9.99. The van der Waals surface area contributed by atoms with Crippen LogP contribution >= 0.6 is 0 Å². The minimum Gasteiger partial charge on any atom is -0.462 e. The molecular formula is C30H44O6. The molecule has 0 aromatic rings. The Hall–Kier alpha value is -1.40. The van der Waals surface area contributed by atoms with Gasteiger partial charge < -0.3 is 19.7 Å². The number of carbonyl (C=O) groups excluding carboxylic acids is 2. The van der Waals surface area contributed by atoms with Gasteiger partial charge in [0.15, 0.2) is 5.60 Å². The number of hydrogen-bond acceptors (Lipinski definition) is 6. The standard InChI is InChI=1S/C30H44O6/c1-16(31)35-25-13-18(32)12-17-6-7-19-21-8-9-22(28(21,3)11-10-23(19)29(17,25)4)20-14-27(2)15-24(20)36-26(33)30(27,5)34/h6,18-25,32,34H,7-15H2,1-5H3. The van der Waals surface area contributed by atoms with Crippen LogP contribution in [-0.2, 0) is 19.1 Å². The van der Waals surface area contributed by atoms with Crippen LogP contribution in [0.1, 0.15) is 92.4 Å². The zero-order valence-electron chi connectivity index (χ0n) is 22.6. The Kier molecular flexibility index (Phi) is 5.41. The maximum absolute atomic E-state index is 12.7. The van der Waals surface area contributed by atoms with E-state index < -0.39 is 23.1 Å². The number of esters is 2. The molecule has 0 amide bonds. The van der Waals surface area contributed by atoms with Gasteiger partial charge in [-0.15, -0.1) is 0 Å². The van der Waals surface area contributed by atoms with Crippen molar-refractivity contribution in [1.29, 1.82) is 0 Å². The van der Waals surface area contributed by atoms with E-state index in [0.29, 0.717) is 42.4 Å². The predicted octanol–water partition coefficient (Wildman–Crippen LogP) is 4.56. The summed E-state index contributed by atoms with van der Waals surface area (Å²) >= 11 is 0. The van der Waals surface area contributed by atoms with E-state index in [0.717, 1.165) is 38.5 Å². The average molecular weight is 501 g/mol. The van der Waals surface area contributed by atoms with Gasteiger partial charge in [0, 0.05) is 24.2 Å². The van der Waals surface area contributed by atoms with Crippen molar-refractivity contribution >= 4 is 11.9 Å². The first-order chi connectivity index (χ1) is 16.8. The number of ether oxygens (including phenoxy) is 2. The van der Waals surface area contributed by atoms with Gasteiger partial charge in [-0.05, 0) is 93.3 Å². The number of hydrogen-bond donors (Lipinski definition) is 2. The van der Waals surface area contributed by atoms with E-state index in [1.54, 1.807) is 6.92 Å². The first-order valence-corrected chi connectivity index (χ1v) is 14.3. The SMILES string of the molecule is CC(=O)OC1CC(O)CC2=CCC3C4CCC(C5CC6(C)CC5OC(=O)C6(C)O)C4(C)CCC3C21C. The van der Waals surface area contributed by atoms with Crippen LogP contribution in [0, 0.1) is 45.8 Å². The minimum atomic E-state index is -1.41. The summed E-state index contributed by atoms with van der Waals surface area (Å²) in [4.78, 5) is 24.7. The molecule has 6 aliphatic rings. The van der Waals surface area contributed by atoms with Crippen LogP contribution in [0.2, 0.25) is 0 Å². The second-order valence-electron chi connectivity index (χ2n) is 14.2. The third-order valence-electron chi connectivity index (χ3n) is 12.7. The van der Waals surface area contributed by atoms with E-state index >= 15 is 0 Å². The molecule has 2 N–H and O–H groups in total. The zero-order chi connectivity index (χ0) is 25.8. The van der Waals surface area contributed by atoms with Crippen LogP contribution in [0.5, 0.6) is 0 Å². The fourth-order valence-electron chi connectivity index (χ4n) is 10.5. The van der Waals surface area contributed by atoms with Crippen LogP contribution < -0.4 is 0 Å². The monoisotopic (exact) mass is 500 g/mol. The Balaban J connectivity index is 1.29. The summed E-state index contributed by atoms with van der Waals surface area (Å²) < 4.78 is 11.8. The second-order valence-corrected chi connectivity index (χ2v) is 14.2. The lowest BCUT2D eigenvalue weighted by Crippen LogP contribution is -2.56. The Bertz CT molecular complexity index is 1000. The summed E-state index contributed by atoms with van der Waals surface area (Å²) in [6.07, 6.45) is 10.0.